The summed E-state index contributed by atoms with van der Waals surface area (Å²) in [5, 5.41) is 0.550. The van der Waals surface area contributed by atoms with Crippen molar-refractivity contribution in [1.82, 2.24) is 4.98 Å². The molecule has 3 aromatic rings. The van der Waals surface area contributed by atoms with E-state index >= 15 is 0 Å². The standard InChI is InChI=1S/C15H13FN2OS/c16-12-7-10(8-17)5-6-11(12)9-20-15-18-13-3-1-2-4-14(13)19-15/h1-7H,8-9,17H2. The zero-order chi connectivity index (χ0) is 13.9. The number of thioether (sulfide) groups is 1. The molecule has 3 rings (SSSR count). The highest BCUT2D eigenvalue weighted by Crippen LogP contribution is 2.27. The molecule has 0 atom stereocenters. The van der Waals surface area contributed by atoms with E-state index in [1.807, 2.05) is 30.3 Å². The molecule has 2 aromatic carbocycles. The lowest BCUT2D eigenvalue weighted by molar-refractivity contribution is 0.489. The van der Waals surface area contributed by atoms with Gasteiger partial charge in [0.1, 0.15) is 11.3 Å². The van der Waals surface area contributed by atoms with Gasteiger partial charge in [0.2, 0.25) is 0 Å². The number of oxazole rings is 1. The highest BCUT2D eigenvalue weighted by Gasteiger charge is 2.08. The number of para-hydroxylation sites is 2. The van der Waals surface area contributed by atoms with Crippen molar-refractivity contribution in [1.29, 1.82) is 0 Å². The van der Waals surface area contributed by atoms with Gasteiger partial charge in [-0.3, -0.25) is 0 Å². The van der Waals surface area contributed by atoms with Crippen LogP contribution in [0.1, 0.15) is 11.1 Å². The van der Waals surface area contributed by atoms with Gasteiger partial charge in [-0.25, -0.2) is 9.37 Å². The van der Waals surface area contributed by atoms with Crippen LogP contribution in [0.3, 0.4) is 0 Å². The van der Waals surface area contributed by atoms with E-state index in [4.69, 9.17) is 10.2 Å². The van der Waals surface area contributed by atoms with Gasteiger partial charge >= 0.3 is 0 Å². The Hall–Kier alpha value is -1.85. The van der Waals surface area contributed by atoms with E-state index in [2.05, 4.69) is 4.98 Å². The molecule has 1 heterocycles. The number of rotatable bonds is 4. The van der Waals surface area contributed by atoms with Gasteiger partial charge in [0, 0.05) is 12.3 Å². The lowest BCUT2D eigenvalue weighted by atomic mass is 10.1. The smallest absolute Gasteiger partial charge is 0.257 e. The van der Waals surface area contributed by atoms with Crippen LogP contribution in [0.5, 0.6) is 0 Å². The van der Waals surface area contributed by atoms with Crippen LogP contribution in [-0.4, -0.2) is 4.98 Å². The minimum atomic E-state index is -0.239. The number of halogens is 1. The van der Waals surface area contributed by atoms with Crippen LogP contribution in [-0.2, 0) is 12.3 Å². The van der Waals surface area contributed by atoms with E-state index in [0.29, 0.717) is 23.1 Å². The third-order valence-corrected chi connectivity index (χ3v) is 3.86. The summed E-state index contributed by atoms with van der Waals surface area (Å²) in [6, 6.07) is 12.6. The van der Waals surface area contributed by atoms with E-state index in [1.54, 1.807) is 6.07 Å². The van der Waals surface area contributed by atoms with Crippen molar-refractivity contribution in [3.63, 3.8) is 0 Å². The van der Waals surface area contributed by atoms with E-state index < -0.39 is 0 Å². The van der Waals surface area contributed by atoms with Gasteiger partial charge in [0.05, 0.1) is 0 Å². The topological polar surface area (TPSA) is 52.0 Å². The molecule has 0 fully saturated rings. The molecule has 0 amide bonds. The number of fused-ring (bicyclic) bond motifs is 1. The molecule has 2 N–H and O–H groups in total. The average Bonchev–Trinajstić information content (AvgIpc) is 2.88. The summed E-state index contributed by atoms with van der Waals surface area (Å²) in [5.41, 5.74) is 8.45. The Labute approximate surface area is 120 Å². The van der Waals surface area contributed by atoms with Crippen molar-refractivity contribution in [2.45, 2.75) is 17.5 Å². The molecule has 1 aromatic heterocycles. The van der Waals surface area contributed by atoms with E-state index in [1.165, 1.54) is 17.8 Å². The fraction of sp³-hybridized carbons (Fsp3) is 0.133. The first-order chi connectivity index (χ1) is 9.76. The Kier molecular flexibility index (Phi) is 3.71. The highest BCUT2D eigenvalue weighted by molar-refractivity contribution is 7.98. The first-order valence-electron chi connectivity index (χ1n) is 6.22. The molecule has 0 saturated heterocycles. The predicted molar refractivity (Wildman–Crippen MR) is 77.9 cm³/mol. The Balaban J connectivity index is 1.75. The second-order valence-electron chi connectivity index (χ2n) is 4.37. The fourth-order valence-electron chi connectivity index (χ4n) is 1.89. The zero-order valence-corrected chi connectivity index (χ0v) is 11.5. The van der Waals surface area contributed by atoms with Gasteiger partial charge in [-0.1, -0.05) is 36.0 Å². The Morgan fingerprint density at radius 1 is 1.20 bits per heavy atom. The summed E-state index contributed by atoms with van der Waals surface area (Å²) in [4.78, 5) is 4.35. The fourth-order valence-corrected chi connectivity index (χ4v) is 2.71. The van der Waals surface area contributed by atoms with Crippen LogP contribution in [0.15, 0.2) is 52.1 Å². The number of aromatic nitrogens is 1. The molecule has 0 radical (unpaired) electrons. The molecule has 0 bridgehead atoms. The van der Waals surface area contributed by atoms with Gasteiger partial charge in [-0.2, -0.15) is 0 Å². The Morgan fingerprint density at radius 3 is 2.80 bits per heavy atom. The van der Waals surface area contributed by atoms with Gasteiger partial charge in [-0.15, -0.1) is 0 Å². The minimum Gasteiger partial charge on any atom is -0.431 e. The van der Waals surface area contributed by atoms with Crippen LogP contribution in [0.25, 0.3) is 11.1 Å². The number of nitrogens with zero attached hydrogens (tertiary/aromatic N) is 1. The van der Waals surface area contributed by atoms with Crippen LogP contribution >= 0.6 is 11.8 Å². The summed E-state index contributed by atoms with van der Waals surface area (Å²) >= 11 is 1.38. The van der Waals surface area contributed by atoms with Gasteiger partial charge in [-0.05, 0) is 29.3 Å². The zero-order valence-electron chi connectivity index (χ0n) is 10.7. The number of hydrogen-bond acceptors (Lipinski definition) is 4. The molecule has 0 unspecified atom stereocenters. The van der Waals surface area contributed by atoms with Crippen LogP contribution in [0.2, 0.25) is 0 Å². The third kappa shape index (κ3) is 2.69. The molecule has 0 spiro atoms. The normalized spacial score (nSPS) is 11.1. The maximum Gasteiger partial charge on any atom is 0.257 e. The SMILES string of the molecule is NCc1ccc(CSc2nc3ccccc3o2)c(F)c1. The number of benzene rings is 2. The summed E-state index contributed by atoms with van der Waals surface area (Å²) in [7, 11) is 0. The molecule has 20 heavy (non-hydrogen) atoms. The molecular weight excluding hydrogens is 275 g/mol. The molecule has 5 heteroatoms. The van der Waals surface area contributed by atoms with Gasteiger partial charge in [0.15, 0.2) is 5.58 Å². The molecule has 0 aliphatic rings. The predicted octanol–water partition coefficient (Wildman–Crippen LogP) is 3.72. The lowest BCUT2D eigenvalue weighted by Crippen LogP contribution is -1.98. The molecule has 102 valence electrons. The Morgan fingerprint density at radius 2 is 2.05 bits per heavy atom. The second-order valence-corrected chi connectivity index (χ2v) is 5.29. The molecule has 0 aliphatic carbocycles. The summed E-state index contributed by atoms with van der Waals surface area (Å²) in [6.45, 7) is 0.343. The first-order valence-corrected chi connectivity index (χ1v) is 7.20. The lowest BCUT2D eigenvalue weighted by Gasteiger charge is -2.03. The Bertz CT molecular complexity index is 709. The summed E-state index contributed by atoms with van der Waals surface area (Å²) < 4.78 is 19.4. The third-order valence-electron chi connectivity index (χ3n) is 2.98. The molecule has 0 aliphatic heterocycles. The van der Waals surface area contributed by atoms with Crippen molar-refractivity contribution in [2.75, 3.05) is 0 Å². The summed E-state index contributed by atoms with van der Waals surface area (Å²) in [5.74, 6) is 0.236. The van der Waals surface area contributed by atoms with Crippen molar-refractivity contribution in [3.8, 4) is 0 Å². The molecule has 3 nitrogen and oxygen atoms in total. The van der Waals surface area contributed by atoms with Crippen LogP contribution in [0, 0.1) is 5.82 Å². The van der Waals surface area contributed by atoms with Gasteiger partial charge < -0.3 is 10.2 Å². The number of hydrogen-bond donors (Lipinski definition) is 1. The summed E-state index contributed by atoms with van der Waals surface area (Å²) in [6.07, 6.45) is 0. The minimum absolute atomic E-state index is 0.239. The van der Waals surface area contributed by atoms with Crippen LogP contribution in [0.4, 0.5) is 4.39 Å². The van der Waals surface area contributed by atoms with E-state index in [9.17, 15) is 4.39 Å². The number of nitrogens with two attached hydrogens (primary N) is 1. The highest BCUT2D eigenvalue weighted by atomic mass is 32.2. The monoisotopic (exact) mass is 288 g/mol. The maximum atomic E-state index is 13.8. The van der Waals surface area contributed by atoms with Crippen molar-refractivity contribution >= 4 is 22.9 Å². The van der Waals surface area contributed by atoms with Crippen molar-refractivity contribution in [3.05, 3.63) is 59.4 Å². The van der Waals surface area contributed by atoms with Gasteiger partial charge in [0.25, 0.3) is 5.22 Å². The quantitative estimate of drug-likeness (QED) is 0.743. The molecular formula is C15H13FN2OS. The van der Waals surface area contributed by atoms with Crippen molar-refractivity contribution < 1.29 is 8.81 Å². The average molecular weight is 288 g/mol. The molecule has 0 saturated carbocycles. The van der Waals surface area contributed by atoms with Crippen molar-refractivity contribution in [2.24, 2.45) is 5.73 Å². The first kappa shape index (κ1) is 13.1. The van der Waals surface area contributed by atoms with Crippen LogP contribution < -0.4 is 5.73 Å². The van der Waals surface area contributed by atoms with E-state index in [-0.39, 0.29) is 5.82 Å². The maximum absolute atomic E-state index is 13.8. The second kappa shape index (κ2) is 5.64. The largest absolute Gasteiger partial charge is 0.431 e. The van der Waals surface area contributed by atoms with E-state index in [0.717, 1.165) is 16.7 Å².